The normalized spacial score (nSPS) is 20.0. The molecule has 0 saturated carbocycles. The zero-order chi connectivity index (χ0) is 19.0. The molecule has 3 aromatic rings. The lowest BCUT2D eigenvalue weighted by molar-refractivity contribution is -0.143. The topological polar surface area (TPSA) is 88.3 Å². The number of imidazole rings is 1. The standard InChI is InChI=1S/C20H20N4O3/c1-13-6-7-15(20(26)27)11-23(13)19(25)14-8-9-18(21-10-14)24-12-22-16-4-2-3-5-17(16)24/h2-5,8-10,12-13,15H,6-7,11H2,1H3,(H,26,27). The van der Waals surface area contributed by atoms with Crippen molar-refractivity contribution in [2.24, 2.45) is 5.92 Å². The molecule has 1 aromatic carbocycles. The minimum absolute atomic E-state index is 0.0189. The molecule has 0 aliphatic carbocycles. The van der Waals surface area contributed by atoms with Crippen LogP contribution in [0.4, 0.5) is 0 Å². The van der Waals surface area contributed by atoms with Gasteiger partial charge in [0.25, 0.3) is 5.91 Å². The molecular formula is C20H20N4O3. The molecule has 27 heavy (non-hydrogen) atoms. The van der Waals surface area contributed by atoms with E-state index in [-0.39, 0.29) is 18.5 Å². The predicted molar refractivity (Wildman–Crippen MR) is 99.7 cm³/mol. The fourth-order valence-corrected chi connectivity index (χ4v) is 3.55. The van der Waals surface area contributed by atoms with Gasteiger partial charge >= 0.3 is 5.97 Å². The van der Waals surface area contributed by atoms with Crippen LogP contribution in [0.25, 0.3) is 16.9 Å². The van der Waals surface area contributed by atoms with Crippen LogP contribution >= 0.6 is 0 Å². The number of aliphatic carboxylic acids is 1. The first-order chi connectivity index (χ1) is 13.0. The summed E-state index contributed by atoms with van der Waals surface area (Å²) in [6.45, 7) is 2.19. The summed E-state index contributed by atoms with van der Waals surface area (Å²) in [4.78, 5) is 34.6. The van der Waals surface area contributed by atoms with E-state index >= 15 is 0 Å². The van der Waals surface area contributed by atoms with E-state index in [1.165, 1.54) is 0 Å². The molecule has 4 rings (SSSR count). The first-order valence-electron chi connectivity index (χ1n) is 8.97. The highest BCUT2D eigenvalue weighted by atomic mass is 16.4. The maximum Gasteiger partial charge on any atom is 0.308 e. The number of piperidine rings is 1. The maximum atomic E-state index is 12.9. The average molecular weight is 364 g/mol. The number of hydrogen-bond acceptors (Lipinski definition) is 4. The van der Waals surface area contributed by atoms with E-state index in [2.05, 4.69) is 9.97 Å². The lowest BCUT2D eigenvalue weighted by atomic mass is 9.93. The van der Waals surface area contributed by atoms with Crippen LogP contribution in [0.3, 0.4) is 0 Å². The lowest BCUT2D eigenvalue weighted by Crippen LogP contribution is -2.47. The summed E-state index contributed by atoms with van der Waals surface area (Å²) < 4.78 is 1.87. The largest absolute Gasteiger partial charge is 0.481 e. The van der Waals surface area contributed by atoms with Crippen molar-refractivity contribution in [3.8, 4) is 5.82 Å². The van der Waals surface area contributed by atoms with E-state index in [1.807, 2.05) is 35.8 Å². The molecule has 0 radical (unpaired) electrons. The summed E-state index contributed by atoms with van der Waals surface area (Å²) in [5.74, 6) is -0.854. The molecule has 3 heterocycles. The van der Waals surface area contributed by atoms with E-state index < -0.39 is 11.9 Å². The smallest absolute Gasteiger partial charge is 0.308 e. The number of fused-ring (bicyclic) bond motifs is 1. The summed E-state index contributed by atoms with van der Waals surface area (Å²) in [7, 11) is 0. The Morgan fingerprint density at radius 1 is 1.11 bits per heavy atom. The fraction of sp³-hybridized carbons (Fsp3) is 0.300. The highest BCUT2D eigenvalue weighted by molar-refractivity contribution is 5.94. The maximum absolute atomic E-state index is 12.9. The van der Waals surface area contributed by atoms with E-state index in [0.717, 1.165) is 11.0 Å². The highest BCUT2D eigenvalue weighted by Crippen LogP contribution is 2.24. The Hall–Kier alpha value is -3.22. The van der Waals surface area contributed by atoms with Crippen molar-refractivity contribution in [2.75, 3.05) is 6.54 Å². The van der Waals surface area contributed by atoms with Gasteiger partial charge in [-0.3, -0.25) is 14.2 Å². The number of aromatic nitrogens is 3. The molecule has 0 bridgehead atoms. The van der Waals surface area contributed by atoms with E-state index in [1.54, 1.807) is 29.6 Å². The van der Waals surface area contributed by atoms with Gasteiger partial charge in [0.15, 0.2) is 0 Å². The third kappa shape index (κ3) is 3.16. The van der Waals surface area contributed by atoms with Gasteiger partial charge in [0.1, 0.15) is 12.1 Å². The number of carbonyl (C=O) groups excluding carboxylic acids is 1. The molecule has 1 saturated heterocycles. The SMILES string of the molecule is CC1CCC(C(=O)O)CN1C(=O)c1ccc(-n2cnc3ccccc32)nc1. The Kier molecular flexibility index (Phi) is 4.35. The van der Waals surface area contributed by atoms with Crippen molar-refractivity contribution in [3.05, 3.63) is 54.5 Å². The number of carboxylic acids is 1. The van der Waals surface area contributed by atoms with Gasteiger partial charge in [-0.05, 0) is 44.0 Å². The molecular weight excluding hydrogens is 344 g/mol. The summed E-state index contributed by atoms with van der Waals surface area (Å²) in [5, 5.41) is 9.26. The van der Waals surface area contributed by atoms with Crippen molar-refractivity contribution in [1.29, 1.82) is 0 Å². The van der Waals surface area contributed by atoms with Gasteiger partial charge in [-0.15, -0.1) is 0 Å². The van der Waals surface area contributed by atoms with Crippen molar-refractivity contribution < 1.29 is 14.7 Å². The fourth-order valence-electron chi connectivity index (χ4n) is 3.55. The van der Waals surface area contributed by atoms with Crippen LogP contribution in [0.5, 0.6) is 0 Å². The summed E-state index contributed by atoms with van der Waals surface area (Å²) in [6, 6.07) is 11.3. The first-order valence-corrected chi connectivity index (χ1v) is 8.97. The van der Waals surface area contributed by atoms with Gasteiger partial charge in [0, 0.05) is 18.8 Å². The highest BCUT2D eigenvalue weighted by Gasteiger charge is 2.33. The predicted octanol–water partition coefficient (Wildman–Crippen LogP) is 2.75. The van der Waals surface area contributed by atoms with Crippen LogP contribution < -0.4 is 0 Å². The zero-order valence-corrected chi connectivity index (χ0v) is 14.9. The van der Waals surface area contributed by atoms with Crippen LogP contribution in [-0.4, -0.2) is 49.0 Å². The number of hydrogen-bond donors (Lipinski definition) is 1. The number of likely N-dealkylation sites (tertiary alicyclic amines) is 1. The molecule has 2 unspecified atom stereocenters. The Labute approximate surface area is 156 Å². The average Bonchev–Trinajstić information content (AvgIpc) is 3.12. The summed E-state index contributed by atoms with van der Waals surface area (Å²) in [6.07, 6.45) is 4.54. The number of nitrogens with zero attached hydrogens (tertiary/aromatic N) is 4. The molecule has 138 valence electrons. The van der Waals surface area contributed by atoms with Gasteiger partial charge in [-0.2, -0.15) is 0 Å². The molecule has 1 aliphatic rings. The molecule has 1 aliphatic heterocycles. The van der Waals surface area contributed by atoms with E-state index in [9.17, 15) is 14.7 Å². The Bertz CT molecular complexity index is 996. The zero-order valence-electron chi connectivity index (χ0n) is 14.9. The molecule has 1 amide bonds. The molecule has 7 nitrogen and oxygen atoms in total. The van der Waals surface area contributed by atoms with Crippen LogP contribution in [0.15, 0.2) is 48.9 Å². The summed E-state index contributed by atoms with van der Waals surface area (Å²) >= 11 is 0. The second-order valence-electron chi connectivity index (χ2n) is 6.93. The Morgan fingerprint density at radius 2 is 1.93 bits per heavy atom. The van der Waals surface area contributed by atoms with Crippen LogP contribution in [-0.2, 0) is 4.79 Å². The number of benzene rings is 1. The molecule has 1 fully saturated rings. The van der Waals surface area contributed by atoms with Gasteiger partial charge in [-0.25, -0.2) is 9.97 Å². The van der Waals surface area contributed by atoms with Crippen LogP contribution in [0.2, 0.25) is 0 Å². The van der Waals surface area contributed by atoms with Gasteiger partial charge in [0.05, 0.1) is 22.5 Å². The third-order valence-corrected chi connectivity index (χ3v) is 5.19. The quantitative estimate of drug-likeness (QED) is 0.772. The number of pyridine rings is 1. The van der Waals surface area contributed by atoms with E-state index in [4.69, 9.17) is 0 Å². The van der Waals surface area contributed by atoms with Crippen molar-refractivity contribution in [1.82, 2.24) is 19.4 Å². The molecule has 7 heteroatoms. The Morgan fingerprint density at radius 3 is 2.67 bits per heavy atom. The minimum Gasteiger partial charge on any atom is -0.481 e. The molecule has 2 atom stereocenters. The monoisotopic (exact) mass is 364 g/mol. The number of carboxylic acid groups (broad SMARTS) is 1. The van der Waals surface area contributed by atoms with Crippen molar-refractivity contribution >= 4 is 22.9 Å². The number of para-hydroxylation sites is 2. The Balaban J connectivity index is 1.58. The van der Waals surface area contributed by atoms with E-state index in [0.29, 0.717) is 24.2 Å². The van der Waals surface area contributed by atoms with Crippen LogP contribution in [0, 0.1) is 5.92 Å². The lowest BCUT2D eigenvalue weighted by Gasteiger charge is -2.36. The molecule has 1 N–H and O–H groups in total. The van der Waals surface area contributed by atoms with Crippen LogP contribution in [0.1, 0.15) is 30.1 Å². The molecule has 0 spiro atoms. The van der Waals surface area contributed by atoms with Gasteiger partial charge in [0.2, 0.25) is 0 Å². The van der Waals surface area contributed by atoms with Crippen molar-refractivity contribution in [3.63, 3.8) is 0 Å². The summed E-state index contributed by atoms with van der Waals surface area (Å²) in [5.41, 5.74) is 2.28. The number of amides is 1. The molecule has 2 aromatic heterocycles. The number of carbonyl (C=O) groups is 2. The first kappa shape index (κ1) is 17.2. The number of rotatable bonds is 3. The third-order valence-electron chi connectivity index (χ3n) is 5.19. The minimum atomic E-state index is -0.847. The second kappa shape index (κ2) is 6.83. The second-order valence-corrected chi connectivity index (χ2v) is 6.93. The van der Waals surface area contributed by atoms with Gasteiger partial charge in [-0.1, -0.05) is 12.1 Å². The van der Waals surface area contributed by atoms with Crippen molar-refractivity contribution in [2.45, 2.75) is 25.8 Å². The van der Waals surface area contributed by atoms with Gasteiger partial charge < -0.3 is 10.0 Å².